The summed E-state index contributed by atoms with van der Waals surface area (Å²) in [6, 6.07) is 7.61. The zero-order chi connectivity index (χ0) is 15.4. The molecule has 0 N–H and O–H groups in total. The summed E-state index contributed by atoms with van der Waals surface area (Å²) in [4.78, 5) is 22.3. The molecule has 1 heterocycles. The molecule has 0 bridgehead atoms. The minimum Gasteiger partial charge on any atom is -0.497 e. The number of rotatable bonds is 4. The summed E-state index contributed by atoms with van der Waals surface area (Å²) in [6.07, 6.45) is 3.11. The van der Waals surface area contributed by atoms with Crippen molar-refractivity contribution in [3.05, 3.63) is 53.6 Å². The van der Waals surface area contributed by atoms with E-state index in [1.54, 1.807) is 25.3 Å². The van der Waals surface area contributed by atoms with Crippen LogP contribution >= 0.6 is 0 Å². The van der Waals surface area contributed by atoms with Gasteiger partial charge in [-0.3, -0.25) is 9.78 Å². The minimum absolute atomic E-state index is 0.0634. The van der Waals surface area contributed by atoms with E-state index in [9.17, 15) is 4.79 Å². The number of methoxy groups -OCH3 is 1. The fourth-order valence-electron chi connectivity index (χ4n) is 1.97. The first-order chi connectivity index (χ1) is 10.0. The molecule has 0 saturated heterocycles. The highest BCUT2D eigenvalue weighted by Gasteiger charge is 2.20. The maximum absolute atomic E-state index is 12.4. The van der Waals surface area contributed by atoms with Gasteiger partial charge in [-0.1, -0.05) is 12.1 Å². The molecule has 0 fully saturated rings. The Hall–Kier alpha value is -2.43. The molecule has 2 rings (SSSR count). The van der Waals surface area contributed by atoms with Gasteiger partial charge in [-0.2, -0.15) is 0 Å². The molecule has 1 atom stereocenters. The van der Waals surface area contributed by atoms with Gasteiger partial charge in [-0.25, -0.2) is 4.98 Å². The number of nitrogens with zero attached hydrogens (tertiary/aromatic N) is 3. The average Bonchev–Trinajstić information content (AvgIpc) is 2.53. The van der Waals surface area contributed by atoms with Crippen LogP contribution in [0.5, 0.6) is 5.75 Å². The number of carbonyl (C=O) groups is 1. The van der Waals surface area contributed by atoms with Crippen molar-refractivity contribution in [2.24, 2.45) is 0 Å². The van der Waals surface area contributed by atoms with Crippen LogP contribution in [0.3, 0.4) is 0 Å². The first-order valence-corrected chi connectivity index (χ1v) is 6.72. The van der Waals surface area contributed by atoms with E-state index in [4.69, 9.17) is 4.74 Å². The Balaban J connectivity index is 2.15. The van der Waals surface area contributed by atoms with Crippen molar-refractivity contribution in [2.45, 2.75) is 19.9 Å². The van der Waals surface area contributed by atoms with Gasteiger partial charge in [0.2, 0.25) is 0 Å². The number of amides is 1. The third kappa shape index (κ3) is 3.37. The smallest absolute Gasteiger partial charge is 0.274 e. The molecular formula is C16H19N3O2. The first kappa shape index (κ1) is 15.0. The standard InChI is InChI=1S/C16H19N3O2/c1-11-9-18-15(10-17-11)16(20)19(3)12(2)13-5-7-14(21-4)8-6-13/h5-10,12H,1-4H3/t12-/m1/s1. The predicted octanol–water partition coefficient (Wildman–Crippen LogP) is 2.63. The van der Waals surface area contributed by atoms with Gasteiger partial charge >= 0.3 is 0 Å². The monoisotopic (exact) mass is 285 g/mol. The average molecular weight is 285 g/mol. The van der Waals surface area contributed by atoms with E-state index >= 15 is 0 Å². The van der Waals surface area contributed by atoms with Crippen LogP contribution in [-0.2, 0) is 0 Å². The molecule has 0 aliphatic heterocycles. The number of hydrogen-bond acceptors (Lipinski definition) is 4. The molecule has 0 unspecified atom stereocenters. The predicted molar refractivity (Wildman–Crippen MR) is 80.3 cm³/mol. The molecular weight excluding hydrogens is 266 g/mol. The van der Waals surface area contributed by atoms with E-state index in [0.717, 1.165) is 17.0 Å². The molecule has 21 heavy (non-hydrogen) atoms. The molecule has 1 aromatic carbocycles. The quantitative estimate of drug-likeness (QED) is 0.866. The Kier molecular flexibility index (Phi) is 4.52. The van der Waals surface area contributed by atoms with Gasteiger partial charge in [0.1, 0.15) is 11.4 Å². The Morgan fingerprint density at radius 3 is 2.38 bits per heavy atom. The fourth-order valence-corrected chi connectivity index (χ4v) is 1.97. The summed E-state index contributed by atoms with van der Waals surface area (Å²) in [6.45, 7) is 3.81. The minimum atomic E-state index is -0.147. The number of ether oxygens (including phenoxy) is 1. The first-order valence-electron chi connectivity index (χ1n) is 6.72. The summed E-state index contributed by atoms with van der Waals surface area (Å²) in [7, 11) is 3.39. The summed E-state index contributed by atoms with van der Waals surface area (Å²) in [5.41, 5.74) is 2.17. The highest BCUT2D eigenvalue weighted by atomic mass is 16.5. The summed E-state index contributed by atoms with van der Waals surface area (Å²) in [5.74, 6) is 0.648. The zero-order valence-electron chi connectivity index (χ0n) is 12.7. The zero-order valence-corrected chi connectivity index (χ0v) is 12.7. The Morgan fingerprint density at radius 2 is 1.86 bits per heavy atom. The van der Waals surface area contributed by atoms with Crippen LogP contribution in [0.2, 0.25) is 0 Å². The molecule has 110 valence electrons. The van der Waals surface area contributed by atoms with Gasteiger partial charge in [0.05, 0.1) is 25.0 Å². The van der Waals surface area contributed by atoms with E-state index in [-0.39, 0.29) is 11.9 Å². The van der Waals surface area contributed by atoms with Gasteiger partial charge in [-0.05, 0) is 31.5 Å². The van der Waals surface area contributed by atoms with Crippen LogP contribution in [0.25, 0.3) is 0 Å². The molecule has 0 radical (unpaired) electrons. The van der Waals surface area contributed by atoms with Crippen molar-refractivity contribution in [1.29, 1.82) is 0 Å². The third-order valence-electron chi connectivity index (χ3n) is 3.50. The van der Waals surface area contributed by atoms with Crippen LogP contribution in [0.4, 0.5) is 0 Å². The number of benzene rings is 1. The van der Waals surface area contributed by atoms with E-state index < -0.39 is 0 Å². The van der Waals surface area contributed by atoms with Gasteiger partial charge in [-0.15, -0.1) is 0 Å². The number of hydrogen-bond donors (Lipinski definition) is 0. The van der Waals surface area contributed by atoms with Crippen molar-refractivity contribution < 1.29 is 9.53 Å². The summed E-state index contributed by atoms with van der Waals surface area (Å²) in [5, 5.41) is 0. The Morgan fingerprint density at radius 1 is 1.19 bits per heavy atom. The van der Waals surface area contributed by atoms with E-state index in [2.05, 4.69) is 9.97 Å². The maximum Gasteiger partial charge on any atom is 0.274 e. The molecule has 0 saturated carbocycles. The molecule has 2 aromatic rings. The van der Waals surface area contributed by atoms with Gasteiger partial charge < -0.3 is 9.64 Å². The van der Waals surface area contributed by atoms with Crippen LogP contribution in [-0.4, -0.2) is 34.9 Å². The summed E-state index contributed by atoms with van der Waals surface area (Å²) < 4.78 is 5.14. The molecule has 1 amide bonds. The second-order valence-corrected chi connectivity index (χ2v) is 4.91. The molecule has 5 heteroatoms. The molecule has 1 aromatic heterocycles. The van der Waals surface area contributed by atoms with Crippen LogP contribution in [0, 0.1) is 6.92 Å². The van der Waals surface area contributed by atoms with Gasteiger partial charge in [0, 0.05) is 13.2 Å². The van der Waals surface area contributed by atoms with Crippen LogP contribution in [0.15, 0.2) is 36.7 Å². The summed E-state index contributed by atoms with van der Waals surface area (Å²) >= 11 is 0. The van der Waals surface area contributed by atoms with Crippen molar-refractivity contribution >= 4 is 5.91 Å². The van der Waals surface area contributed by atoms with Crippen molar-refractivity contribution in [2.75, 3.05) is 14.2 Å². The van der Waals surface area contributed by atoms with Gasteiger partial charge in [0.15, 0.2) is 0 Å². The lowest BCUT2D eigenvalue weighted by molar-refractivity contribution is 0.0736. The Bertz CT molecular complexity index is 608. The fraction of sp³-hybridized carbons (Fsp3) is 0.312. The lowest BCUT2D eigenvalue weighted by atomic mass is 10.1. The molecule has 0 aliphatic carbocycles. The maximum atomic E-state index is 12.4. The Labute approximate surface area is 124 Å². The molecule has 0 aliphatic rings. The topological polar surface area (TPSA) is 55.3 Å². The lowest BCUT2D eigenvalue weighted by Gasteiger charge is -2.25. The second-order valence-electron chi connectivity index (χ2n) is 4.91. The molecule has 5 nitrogen and oxygen atoms in total. The third-order valence-corrected chi connectivity index (χ3v) is 3.50. The van der Waals surface area contributed by atoms with Crippen molar-refractivity contribution in [3.63, 3.8) is 0 Å². The van der Waals surface area contributed by atoms with Crippen molar-refractivity contribution in [1.82, 2.24) is 14.9 Å². The van der Waals surface area contributed by atoms with Crippen LogP contribution < -0.4 is 4.74 Å². The lowest BCUT2D eigenvalue weighted by Crippen LogP contribution is -2.30. The van der Waals surface area contributed by atoms with E-state index in [0.29, 0.717) is 5.69 Å². The number of carbonyl (C=O) groups excluding carboxylic acids is 1. The molecule has 0 spiro atoms. The SMILES string of the molecule is COc1ccc([C@@H](C)N(C)C(=O)c2cnc(C)cn2)cc1. The van der Waals surface area contributed by atoms with Crippen molar-refractivity contribution in [3.8, 4) is 5.75 Å². The van der Waals surface area contributed by atoms with E-state index in [1.165, 1.54) is 6.20 Å². The largest absolute Gasteiger partial charge is 0.497 e. The second kappa shape index (κ2) is 6.35. The van der Waals surface area contributed by atoms with Gasteiger partial charge in [0.25, 0.3) is 5.91 Å². The number of aromatic nitrogens is 2. The number of aryl methyl sites for hydroxylation is 1. The highest BCUT2D eigenvalue weighted by molar-refractivity contribution is 5.92. The van der Waals surface area contributed by atoms with E-state index in [1.807, 2.05) is 38.1 Å². The normalized spacial score (nSPS) is 11.8. The highest BCUT2D eigenvalue weighted by Crippen LogP contribution is 2.22. The van der Waals surface area contributed by atoms with Crippen LogP contribution in [0.1, 0.15) is 34.7 Å².